The maximum absolute atomic E-state index is 5.99. The van der Waals surface area contributed by atoms with E-state index in [2.05, 4.69) is 9.98 Å². The summed E-state index contributed by atoms with van der Waals surface area (Å²) in [5.74, 6) is 1.14. The minimum absolute atomic E-state index is 0. The van der Waals surface area contributed by atoms with Crippen LogP contribution in [0.15, 0.2) is 39.9 Å². The summed E-state index contributed by atoms with van der Waals surface area (Å²) in [6, 6.07) is 8.06. The Labute approximate surface area is 152 Å². The van der Waals surface area contributed by atoms with Gasteiger partial charge in [0.05, 0.1) is 19.8 Å². The highest BCUT2D eigenvalue weighted by atomic mass is 127. The van der Waals surface area contributed by atoms with Gasteiger partial charge in [-0.2, -0.15) is 0 Å². The molecule has 1 aromatic heterocycles. The van der Waals surface area contributed by atoms with Crippen LogP contribution in [0.25, 0.3) is 11.5 Å². The average Bonchev–Trinajstić information content (AvgIpc) is 3.03. The van der Waals surface area contributed by atoms with Crippen molar-refractivity contribution in [1.29, 1.82) is 0 Å². The Morgan fingerprint density at radius 2 is 1.96 bits per heavy atom. The van der Waals surface area contributed by atoms with Crippen molar-refractivity contribution in [2.75, 3.05) is 26.3 Å². The van der Waals surface area contributed by atoms with E-state index in [-0.39, 0.29) is 24.0 Å². The van der Waals surface area contributed by atoms with Crippen molar-refractivity contribution in [3.05, 3.63) is 41.8 Å². The number of aliphatic imine (C=N–C) groups is 1. The molecule has 0 aliphatic carbocycles. The van der Waals surface area contributed by atoms with E-state index in [0.29, 0.717) is 31.6 Å². The lowest BCUT2D eigenvalue weighted by Gasteiger charge is -2.27. The molecule has 0 radical (unpaired) electrons. The summed E-state index contributed by atoms with van der Waals surface area (Å²) in [6.07, 6.45) is 1.63. The molecule has 2 N–H and O–H groups in total. The average molecular weight is 428 g/mol. The van der Waals surface area contributed by atoms with Gasteiger partial charge in [-0.1, -0.05) is 17.7 Å². The summed E-state index contributed by atoms with van der Waals surface area (Å²) >= 11 is 0. The molecule has 1 saturated heterocycles. The second-order valence-electron chi connectivity index (χ2n) is 5.28. The monoisotopic (exact) mass is 428 g/mol. The van der Waals surface area contributed by atoms with Gasteiger partial charge in [-0.25, -0.2) is 9.98 Å². The Kier molecular flexibility index (Phi) is 6.40. The third kappa shape index (κ3) is 4.68. The maximum atomic E-state index is 5.99. The van der Waals surface area contributed by atoms with Crippen molar-refractivity contribution in [2.24, 2.45) is 10.7 Å². The summed E-state index contributed by atoms with van der Waals surface area (Å²) in [7, 11) is 0. The van der Waals surface area contributed by atoms with Crippen molar-refractivity contribution >= 4 is 29.9 Å². The molecule has 0 amide bonds. The van der Waals surface area contributed by atoms with E-state index in [4.69, 9.17) is 14.9 Å². The smallest absolute Gasteiger partial charge is 0.226 e. The highest BCUT2D eigenvalue weighted by Crippen LogP contribution is 2.19. The molecule has 3 rings (SSSR count). The zero-order chi connectivity index (χ0) is 15.4. The number of hydrogen-bond donors (Lipinski definition) is 1. The quantitative estimate of drug-likeness (QED) is 0.462. The Bertz CT molecular complexity index is 648. The van der Waals surface area contributed by atoms with E-state index >= 15 is 0 Å². The molecule has 0 atom stereocenters. The molecule has 0 bridgehead atoms. The normalized spacial score (nSPS) is 15.3. The third-order valence-corrected chi connectivity index (χ3v) is 3.59. The second kappa shape index (κ2) is 8.30. The summed E-state index contributed by atoms with van der Waals surface area (Å²) < 4.78 is 10.8. The first-order valence-corrected chi connectivity index (χ1v) is 7.36. The van der Waals surface area contributed by atoms with Crippen molar-refractivity contribution in [3.63, 3.8) is 0 Å². The minimum Gasteiger partial charge on any atom is -0.444 e. The van der Waals surface area contributed by atoms with Crippen molar-refractivity contribution in [3.8, 4) is 11.5 Å². The molecule has 7 heteroatoms. The van der Waals surface area contributed by atoms with Gasteiger partial charge in [0, 0.05) is 18.7 Å². The molecule has 23 heavy (non-hydrogen) atoms. The van der Waals surface area contributed by atoms with Crippen molar-refractivity contribution < 1.29 is 9.15 Å². The molecule has 2 aromatic rings. The molecule has 2 heterocycles. The molecule has 124 valence electrons. The molecular weight excluding hydrogens is 407 g/mol. The molecule has 0 spiro atoms. The van der Waals surface area contributed by atoms with Crippen LogP contribution >= 0.6 is 24.0 Å². The van der Waals surface area contributed by atoms with Crippen LogP contribution in [-0.4, -0.2) is 42.1 Å². The van der Waals surface area contributed by atoms with Crippen LogP contribution in [0.3, 0.4) is 0 Å². The summed E-state index contributed by atoms with van der Waals surface area (Å²) in [5.41, 5.74) is 8.93. The molecule has 1 aromatic carbocycles. The molecule has 0 unspecified atom stereocenters. The van der Waals surface area contributed by atoms with E-state index in [1.165, 1.54) is 5.56 Å². The zero-order valence-electron chi connectivity index (χ0n) is 13.1. The Hall–Kier alpha value is -1.61. The number of aryl methyl sites for hydroxylation is 1. The topological polar surface area (TPSA) is 76.9 Å². The van der Waals surface area contributed by atoms with E-state index in [1.54, 1.807) is 6.26 Å². The molecule has 0 saturated carbocycles. The first kappa shape index (κ1) is 17.7. The van der Waals surface area contributed by atoms with E-state index in [9.17, 15) is 0 Å². The highest BCUT2D eigenvalue weighted by molar-refractivity contribution is 14.0. The first-order chi connectivity index (χ1) is 10.7. The molecular formula is C16H21IN4O2. The predicted octanol–water partition coefficient (Wildman–Crippen LogP) is 2.41. The van der Waals surface area contributed by atoms with Crippen LogP contribution in [0, 0.1) is 6.92 Å². The number of nitrogens with two attached hydrogens (primary N) is 1. The third-order valence-electron chi connectivity index (χ3n) is 3.59. The lowest BCUT2D eigenvalue weighted by Crippen LogP contribution is -2.44. The molecule has 6 nitrogen and oxygen atoms in total. The first-order valence-electron chi connectivity index (χ1n) is 7.36. The van der Waals surface area contributed by atoms with Crippen molar-refractivity contribution in [1.82, 2.24) is 9.88 Å². The number of ether oxygens (including phenoxy) is 1. The fourth-order valence-corrected chi connectivity index (χ4v) is 2.26. The van der Waals surface area contributed by atoms with Crippen LogP contribution in [0.4, 0.5) is 0 Å². The standard InChI is InChI=1S/C16H20N4O2.HI/c1-12-2-4-13(5-3-12)15-19-14(11-22-15)10-18-16(17)20-6-8-21-9-7-20;/h2-5,11H,6-10H2,1H3,(H2,17,18);1H. The van der Waals surface area contributed by atoms with E-state index in [0.717, 1.165) is 24.3 Å². The van der Waals surface area contributed by atoms with Gasteiger partial charge in [-0.3, -0.25) is 0 Å². The number of rotatable bonds is 3. The number of halogens is 1. The van der Waals surface area contributed by atoms with Gasteiger partial charge in [-0.15, -0.1) is 24.0 Å². The lowest BCUT2D eigenvalue weighted by molar-refractivity contribution is 0.0674. The fourth-order valence-electron chi connectivity index (χ4n) is 2.26. The van der Waals surface area contributed by atoms with Crippen LogP contribution in [0.2, 0.25) is 0 Å². The summed E-state index contributed by atoms with van der Waals surface area (Å²) in [4.78, 5) is 10.9. The number of oxazole rings is 1. The number of morpholine rings is 1. The minimum atomic E-state index is 0. The largest absolute Gasteiger partial charge is 0.444 e. The SMILES string of the molecule is Cc1ccc(-c2nc(CN=C(N)N3CCOCC3)co2)cc1.I. The second-order valence-corrected chi connectivity index (χ2v) is 5.28. The van der Waals surface area contributed by atoms with Crippen LogP contribution in [0.5, 0.6) is 0 Å². The van der Waals surface area contributed by atoms with Gasteiger partial charge >= 0.3 is 0 Å². The number of hydrogen-bond acceptors (Lipinski definition) is 4. The summed E-state index contributed by atoms with van der Waals surface area (Å²) in [5, 5.41) is 0. The van der Waals surface area contributed by atoms with Crippen molar-refractivity contribution in [2.45, 2.75) is 13.5 Å². The summed E-state index contributed by atoms with van der Waals surface area (Å²) in [6.45, 7) is 5.41. The number of aromatic nitrogens is 1. The van der Waals surface area contributed by atoms with E-state index < -0.39 is 0 Å². The molecule has 1 fully saturated rings. The van der Waals surface area contributed by atoms with Crippen LogP contribution in [0.1, 0.15) is 11.3 Å². The Balaban J connectivity index is 0.00000192. The molecule has 1 aliphatic rings. The van der Waals surface area contributed by atoms with Gasteiger partial charge in [0.1, 0.15) is 12.0 Å². The Morgan fingerprint density at radius 3 is 2.65 bits per heavy atom. The number of guanidine groups is 1. The van der Waals surface area contributed by atoms with Gasteiger partial charge in [-0.05, 0) is 19.1 Å². The van der Waals surface area contributed by atoms with Gasteiger partial charge in [0.2, 0.25) is 5.89 Å². The molecule has 1 aliphatic heterocycles. The van der Waals surface area contributed by atoms with Gasteiger partial charge < -0.3 is 19.8 Å². The van der Waals surface area contributed by atoms with E-state index in [1.807, 2.05) is 36.1 Å². The number of nitrogens with zero attached hydrogens (tertiary/aromatic N) is 3. The predicted molar refractivity (Wildman–Crippen MR) is 99.8 cm³/mol. The maximum Gasteiger partial charge on any atom is 0.226 e. The zero-order valence-corrected chi connectivity index (χ0v) is 15.4. The van der Waals surface area contributed by atoms with Crippen LogP contribution < -0.4 is 5.73 Å². The Morgan fingerprint density at radius 1 is 1.26 bits per heavy atom. The van der Waals surface area contributed by atoms with Gasteiger partial charge in [0.25, 0.3) is 0 Å². The fraction of sp³-hybridized carbons (Fsp3) is 0.375. The highest BCUT2D eigenvalue weighted by Gasteiger charge is 2.12. The van der Waals surface area contributed by atoms with Gasteiger partial charge in [0.15, 0.2) is 5.96 Å². The number of benzene rings is 1. The lowest BCUT2D eigenvalue weighted by atomic mass is 10.1. The van der Waals surface area contributed by atoms with Crippen LogP contribution in [-0.2, 0) is 11.3 Å².